The van der Waals surface area contributed by atoms with Crippen molar-refractivity contribution >= 4 is 23.2 Å². The second kappa shape index (κ2) is 6.63. The van der Waals surface area contributed by atoms with Crippen LogP contribution in [0.2, 0.25) is 5.02 Å². The highest BCUT2D eigenvalue weighted by Crippen LogP contribution is 2.40. The van der Waals surface area contributed by atoms with Gasteiger partial charge in [0.15, 0.2) is 5.76 Å². The average molecular weight is 384 g/mol. The smallest absolute Gasteiger partial charge is 0.220 e. The molecule has 1 amide bonds. The predicted octanol–water partition coefficient (Wildman–Crippen LogP) is 4.21. The van der Waals surface area contributed by atoms with Gasteiger partial charge in [0, 0.05) is 16.1 Å². The number of carbonyl (C=O) groups excluding carboxylic acids is 1. The zero-order valence-corrected chi connectivity index (χ0v) is 15.1. The van der Waals surface area contributed by atoms with Crippen molar-refractivity contribution in [3.05, 3.63) is 75.9 Å². The van der Waals surface area contributed by atoms with E-state index in [1.54, 1.807) is 37.3 Å². The van der Waals surface area contributed by atoms with E-state index in [1.165, 1.54) is 12.1 Å². The molecular formula is C20H15ClFN3O2. The molecule has 0 bridgehead atoms. The van der Waals surface area contributed by atoms with Crippen molar-refractivity contribution in [1.29, 1.82) is 0 Å². The van der Waals surface area contributed by atoms with E-state index in [-0.39, 0.29) is 12.2 Å². The highest BCUT2D eigenvalue weighted by molar-refractivity contribution is 6.30. The minimum absolute atomic E-state index is 0.0464. The van der Waals surface area contributed by atoms with Crippen molar-refractivity contribution in [3.63, 3.8) is 0 Å². The lowest BCUT2D eigenvalue weighted by molar-refractivity contribution is -0.118. The third-order valence-electron chi connectivity index (χ3n) is 4.49. The highest BCUT2D eigenvalue weighted by atomic mass is 35.5. The molecule has 2 aromatic carbocycles. The minimum atomic E-state index is -0.653. The Morgan fingerprint density at radius 3 is 2.67 bits per heavy atom. The number of rotatable bonds is 3. The van der Waals surface area contributed by atoms with E-state index in [0.717, 1.165) is 11.1 Å². The number of amides is 1. The van der Waals surface area contributed by atoms with Crippen LogP contribution in [0.15, 0.2) is 52.0 Å². The van der Waals surface area contributed by atoms with Crippen molar-refractivity contribution in [2.75, 3.05) is 0 Å². The standard InChI is InChI=1S/C20H15ClFN3O2/c1-10-18-14-7-6-13(22)8-15(14)19(11-2-4-12(21)5-3-11)24-16(9-17(23)26)20(18)27-25-10/h2-8,16H,9H2,1H3,(H2,23,26). The van der Waals surface area contributed by atoms with Gasteiger partial charge in [-0.2, -0.15) is 0 Å². The number of aryl methyl sites for hydroxylation is 1. The summed E-state index contributed by atoms with van der Waals surface area (Å²) in [7, 11) is 0. The topological polar surface area (TPSA) is 81.5 Å². The lowest BCUT2D eigenvalue weighted by Gasteiger charge is -2.11. The van der Waals surface area contributed by atoms with E-state index in [4.69, 9.17) is 26.9 Å². The highest BCUT2D eigenvalue weighted by Gasteiger charge is 2.31. The molecule has 0 radical (unpaired) electrons. The first-order valence-corrected chi connectivity index (χ1v) is 8.70. The van der Waals surface area contributed by atoms with Gasteiger partial charge in [-0.05, 0) is 36.8 Å². The number of benzene rings is 2. The van der Waals surface area contributed by atoms with E-state index >= 15 is 0 Å². The zero-order valence-electron chi connectivity index (χ0n) is 14.4. The fraction of sp³-hybridized carbons (Fsp3) is 0.150. The number of halogens is 2. The second-order valence-corrected chi connectivity index (χ2v) is 6.80. The van der Waals surface area contributed by atoms with Crippen molar-refractivity contribution in [3.8, 4) is 11.1 Å². The van der Waals surface area contributed by atoms with Gasteiger partial charge in [0.2, 0.25) is 5.91 Å². The SMILES string of the molecule is Cc1noc2c1-c1ccc(F)cc1C(c1ccc(Cl)cc1)=NC2CC(N)=O. The molecule has 27 heavy (non-hydrogen) atoms. The lowest BCUT2D eigenvalue weighted by atomic mass is 9.92. The molecule has 1 atom stereocenters. The summed E-state index contributed by atoms with van der Waals surface area (Å²) in [6, 6.07) is 10.9. The molecule has 2 heterocycles. The molecule has 0 fully saturated rings. The first kappa shape index (κ1) is 17.4. The van der Waals surface area contributed by atoms with E-state index in [1.807, 2.05) is 0 Å². The van der Waals surface area contributed by atoms with Crippen molar-refractivity contribution < 1.29 is 13.7 Å². The van der Waals surface area contributed by atoms with Gasteiger partial charge in [0.05, 0.1) is 23.4 Å². The van der Waals surface area contributed by atoms with Crippen molar-refractivity contribution in [1.82, 2.24) is 5.16 Å². The molecule has 3 aromatic rings. The molecule has 136 valence electrons. The van der Waals surface area contributed by atoms with Crippen LogP contribution in [0, 0.1) is 12.7 Å². The summed E-state index contributed by atoms with van der Waals surface area (Å²) in [6.45, 7) is 1.80. The summed E-state index contributed by atoms with van der Waals surface area (Å²) in [4.78, 5) is 16.3. The van der Waals surface area contributed by atoms with E-state index in [0.29, 0.717) is 33.3 Å². The van der Waals surface area contributed by atoms with E-state index in [9.17, 15) is 9.18 Å². The fourth-order valence-electron chi connectivity index (χ4n) is 3.32. The average Bonchev–Trinajstić information content (AvgIpc) is 2.94. The van der Waals surface area contributed by atoms with Gasteiger partial charge in [-0.25, -0.2) is 4.39 Å². The summed E-state index contributed by atoms with van der Waals surface area (Å²) in [5.41, 5.74) is 9.40. The number of aliphatic imine (C=N–C) groups is 1. The largest absolute Gasteiger partial charge is 0.370 e. The van der Waals surface area contributed by atoms with Crippen molar-refractivity contribution in [2.24, 2.45) is 10.7 Å². The van der Waals surface area contributed by atoms with Crippen LogP contribution in [-0.2, 0) is 4.79 Å². The Balaban J connectivity index is 2.02. The van der Waals surface area contributed by atoms with Crippen LogP contribution in [0.1, 0.15) is 35.0 Å². The second-order valence-electron chi connectivity index (χ2n) is 6.37. The normalized spacial score (nSPS) is 15.5. The maximum atomic E-state index is 14.1. The Morgan fingerprint density at radius 2 is 1.96 bits per heavy atom. The van der Waals surface area contributed by atoms with Crippen LogP contribution in [-0.4, -0.2) is 16.8 Å². The Morgan fingerprint density at radius 1 is 1.22 bits per heavy atom. The van der Waals surface area contributed by atoms with Gasteiger partial charge in [-0.15, -0.1) is 0 Å². The molecule has 5 nitrogen and oxygen atoms in total. The van der Waals surface area contributed by atoms with Crippen molar-refractivity contribution in [2.45, 2.75) is 19.4 Å². The fourth-order valence-corrected chi connectivity index (χ4v) is 3.45. The Kier molecular flexibility index (Phi) is 4.28. The summed E-state index contributed by atoms with van der Waals surface area (Å²) in [5.74, 6) is -0.459. The lowest BCUT2D eigenvalue weighted by Crippen LogP contribution is -2.15. The molecule has 1 aliphatic rings. The number of carbonyl (C=O) groups is 1. The summed E-state index contributed by atoms with van der Waals surface area (Å²) < 4.78 is 19.6. The summed E-state index contributed by atoms with van der Waals surface area (Å²) in [6.07, 6.45) is -0.0464. The third-order valence-corrected chi connectivity index (χ3v) is 4.75. The molecule has 0 saturated heterocycles. The number of primary amides is 1. The third kappa shape index (κ3) is 3.13. The van der Waals surface area contributed by atoms with E-state index < -0.39 is 11.9 Å². The number of nitrogens with zero attached hydrogens (tertiary/aromatic N) is 2. The van der Waals surface area contributed by atoms with Crippen LogP contribution in [0.4, 0.5) is 4.39 Å². The number of hydrogen-bond acceptors (Lipinski definition) is 4. The molecular weight excluding hydrogens is 369 g/mol. The molecule has 0 spiro atoms. The van der Waals surface area contributed by atoms with Crippen LogP contribution in [0.25, 0.3) is 11.1 Å². The molecule has 1 unspecified atom stereocenters. The van der Waals surface area contributed by atoms with Crippen LogP contribution in [0.3, 0.4) is 0 Å². The molecule has 7 heteroatoms. The summed E-state index contributed by atoms with van der Waals surface area (Å²) >= 11 is 6.00. The molecule has 2 N–H and O–H groups in total. The van der Waals surface area contributed by atoms with E-state index in [2.05, 4.69) is 5.16 Å². The van der Waals surface area contributed by atoms with Gasteiger partial charge in [-0.1, -0.05) is 35.0 Å². The Labute approximate surface area is 159 Å². The number of aromatic nitrogens is 1. The van der Waals surface area contributed by atoms with Gasteiger partial charge in [-0.3, -0.25) is 9.79 Å². The van der Waals surface area contributed by atoms with Gasteiger partial charge >= 0.3 is 0 Å². The first-order valence-electron chi connectivity index (χ1n) is 8.32. The molecule has 1 aromatic heterocycles. The maximum Gasteiger partial charge on any atom is 0.220 e. The van der Waals surface area contributed by atoms with Crippen LogP contribution < -0.4 is 5.73 Å². The minimum Gasteiger partial charge on any atom is -0.370 e. The molecule has 0 aliphatic carbocycles. The first-order chi connectivity index (χ1) is 12.9. The Hall–Kier alpha value is -2.99. The number of nitrogens with two attached hydrogens (primary N) is 1. The van der Waals surface area contributed by atoms with Gasteiger partial charge in [0.25, 0.3) is 0 Å². The summed E-state index contributed by atoms with van der Waals surface area (Å²) in [5, 5.41) is 4.60. The van der Waals surface area contributed by atoms with Crippen LogP contribution >= 0.6 is 11.6 Å². The Bertz CT molecular complexity index is 1070. The number of fused-ring (bicyclic) bond motifs is 3. The number of hydrogen-bond donors (Lipinski definition) is 1. The van der Waals surface area contributed by atoms with Gasteiger partial charge in [0.1, 0.15) is 11.9 Å². The predicted molar refractivity (Wildman–Crippen MR) is 100 cm³/mol. The quantitative estimate of drug-likeness (QED) is 0.735. The maximum absolute atomic E-state index is 14.1. The molecule has 4 rings (SSSR count). The monoisotopic (exact) mass is 383 g/mol. The van der Waals surface area contributed by atoms with Crippen LogP contribution in [0.5, 0.6) is 0 Å². The van der Waals surface area contributed by atoms with Gasteiger partial charge < -0.3 is 10.3 Å². The molecule has 1 aliphatic heterocycles. The zero-order chi connectivity index (χ0) is 19.1. The molecule has 0 saturated carbocycles.